The van der Waals surface area contributed by atoms with E-state index in [0.717, 1.165) is 16.9 Å². The lowest BCUT2D eigenvalue weighted by atomic mass is 9.78. The zero-order valence-corrected chi connectivity index (χ0v) is 15.6. The summed E-state index contributed by atoms with van der Waals surface area (Å²) in [4.78, 5) is 12.9. The first-order chi connectivity index (χ1) is 11.3. The number of carbonyl (C=O) groups is 1. The summed E-state index contributed by atoms with van der Waals surface area (Å²) >= 11 is 6.09. The SMILES string of the molecule is COc1ccc(C[C@@H](Cc2cccc(Cl)c2)C(=O)C(C)(C)C)cc1. The fourth-order valence-corrected chi connectivity index (χ4v) is 3.08. The maximum absolute atomic E-state index is 12.9. The number of rotatable bonds is 6. The second-order valence-corrected chi connectivity index (χ2v) is 7.63. The largest absolute Gasteiger partial charge is 0.497 e. The molecule has 0 aliphatic carbocycles. The average Bonchev–Trinajstić information content (AvgIpc) is 2.53. The summed E-state index contributed by atoms with van der Waals surface area (Å²) in [5.74, 6) is 1.03. The maximum Gasteiger partial charge on any atom is 0.141 e. The van der Waals surface area contributed by atoms with Crippen LogP contribution in [0.1, 0.15) is 31.9 Å². The van der Waals surface area contributed by atoms with E-state index >= 15 is 0 Å². The standard InChI is InChI=1S/C21H25ClO2/c1-21(2,3)20(23)17(13-16-6-5-7-18(22)14-16)12-15-8-10-19(24-4)11-9-15/h5-11,14,17H,12-13H2,1-4H3/t17-/m0/s1. The van der Waals surface area contributed by atoms with Crippen LogP contribution < -0.4 is 4.74 Å². The van der Waals surface area contributed by atoms with Gasteiger partial charge in [0.25, 0.3) is 0 Å². The highest BCUT2D eigenvalue weighted by Gasteiger charge is 2.29. The molecule has 1 atom stereocenters. The van der Waals surface area contributed by atoms with Gasteiger partial charge < -0.3 is 4.74 Å². The van der Waals surface area contributed by atoms with E-state index in [1.807, 2.05) is 69.3 Å². The number of carbonyl (C=O) groups excluding carboxylic acids is 1. The molecule has 0 saturated carbocycles. The Balaban J connectivity index is 2.23. The Labute approximate surface area is 149 Å². The van der Waals surface area contributed by atoms with Crippen LogP contribution in [-0.2, 0) is 17.6 Å². The van der Waals surface area contributed by atoms with Crippen LogP contribution in [0.15, 0.2) is 48.5 Å². The highest BCUT2D eigenvalue weighted by molar-refractivity contribution is 6.30. The molecule has 0 aliphatic rings. The van der Waals surface area contributed by atoms with Crippen molar-refractivity contribution in [1.29, 1.82) is 0 Å². The molecule has 0 N–H and O–H groups in total. The number of ketones is 1. The van der Waals surface area contributed by atoms with Gasteiger partial charge in [-0.3, -0.25) is 4.79 Å². The highest BCUT2D eigenvalue weighted by atomic mass is 35.5. The molecule has 0 radical (unpaired) electrons. The third kappa shape index (κ3) is 5.10. The van der Waals surface area contributed by atoms with Gasteiger partial charge in [-0.25, -0.2) is 0 Å². The van der Waals surface area contributed by atoms with Crippen LogP contribution in [-0.4, -0.2) is 12.9 Å². The van der Waals surface area contributed by atoms with E-state index in [9.17, 15) is 4.79 Å². The Morgan fingerprint density at radius 1 is 1.04 bits per heavy atom. The van der Waals surface area contributed by atoms with E-state index in [4.69, 9.17) is 16.3 Å². The summed E-state index contributed by atoms with van der Waals surface area (Å²) in [6, 6.07) is 15.7. The Hall–Kier alpha value is -1.80. The first-order valence-corrected chi connectivity index (χ1v) is 8.59. The van der Waals surface area contributed by atoms with Crippen LogP contribution in [0, 0.1) is 11.3 Å². The molecular formula is C21H25ClO2. The monoisotopic (exact) mass is 344 g/mol. The number of ether oxygens (including phenoxy) is 1. The number of methoxy groups -OCH3 is 1. The van der Waals surface area contributed by atoms with Crippen molar-refractivity contribution in [2.75, 3.05) is 7.11 Å². The predicted octanol–water partition coefficient (Wildman–Crippen LogP) is 5.37. The van der Waals surface area contributed by atoms with Gasteiger partial charge in [-0.05, 0) is 48.2 Å². The quantitative estimate of drug-likeness (QED) is 0.704. The Kier molecular flexibility index (Phi) is 6.06. The molecule has 0 bridgehead atoms. The highest BCUT2D eigenvalue weighted by Crippen LogP contribution is 2.27. The molecular weight excluding hydrogens is 320 g/mol. The van der Waals surface area contributed by atoms with Crippen LogP contribution in [0.3, 0.4) is 0 Å². The molecule has 128 valence electrons. The van der Waals surface area contributed by atoms with Crippen LogP contribution in [0.25, 0.3) is 0 Å². The van der Waals surface area contributed by atoms with Gasteiger partial charge in [0.05, 0.1) is 7.11 Å². The van der Waals surface area contributed by atoms with E-state index in [1.165, 1.54) is 0 Å². The predicted molar refractivity (Wildman–Crippen MR) is 99.8 cm³/mol. The summed E-state index contributed by atoms with van der Waals surface area (Å²) < 4.78 is 5.20. The summed E-state index contributed by atoms with van der Waals surface area (Å²) in [7, 11) is 1.65. The minimum absolute atomic E-state index is 0.0724. The fourth-order valence-electron chi connectivity index (χ4n) is 2.86. The second-order valence-electron chi connectivity index (χ2n) is 7.20. The van der Waals surface area contributed by atoms with Crippen molar-refractivity contribution in [2.45, 2.75) is 33.6 Å². The third-order valence-electron chi connectivity index (χ3n) is 4.12. The molecule has 24 heavy (non-hydrogen) atoms. The zero-order chi connectivity index (χ0) is 17.7. The van der Waals surface area contributed by atoms with Gasteiger partial charge in [0.1, 0.15) is 11.5 Å². The number of Topliss-reactive ketones (excluding diaryl/α,β-unsaturated/α-hetero) is 1. The maximum atomic E-state index is 12.9. The molecule has 0 spiro atoms. The van der Waals surface area contributed by atoms with Gasteiger partial charge in [0, 0.05) is 16.4 Å². The normalized spacial score (nSPS) is 12.7. The zero-order valence-electron chi connectivity index (χ0n) is 14.8. The molecule has 0 saturated heterocycles. The van der Waals surface area contributed by atoms with E-state index in [2.05, 4.69) is 0 Å². The van der Waals surface area contributed by atoms with Crippen molar-refractivity contribution in [3.05, 3.63) is 64.7 Å². The number of halogens is 1. The minimum atomic E-state index is -0.365. The molecule has 3 heteroatoms. The van der Waals surface area contributed by atoms with Crippen molar-refractivity contribution in [3.63, 3.8) is 0 Å². The van der Waals surface area contributed by atoms with E-state index in [0.29, 0.717) is 17.9 Å². The topological polar surface area (TPSA) is 26.3 Å². The lowest BCUT2D eigenvalue weighted by Crippen LogP contribution is -2.31. The lowest BCUT2D eigenvalue weighted by molar-refractivity contribution is -0.130. The molecule has 0 aromatic heterocycles. The molecule has 0 amide bonds. The number of hydrogen-bond donors (Lipinski definition) is 0. The molecule has 2 aromatic carbocycles. The minimum Gasteiger partial charge on any atom is -0.497 e. The number of benzene rings is 2. The second kappa shape index (κ2) is 7.85. The fraction of sp³-hybridized carbons (Fsp3) is 0.381. The summed E-state index contributed by atoms with van der Waals surface area (Å²) in [6.45, 7) is 5.94. The van der Waals surface area contributed by atoms with Gasteiger partial charge in [-0.1, -0.05) is 56.6 Å². The summed E-state index contributed by atoms with van der Waals surface area (Å²) in [5, 5.41) is 0.707. The molecule has 2 nitrogen and oxygen atoms in total. The Morgan fingerprint density at radius 3 is 2.21 bits per heavy atom. The summed E-state index contributed by atoms with van der Waals surface area (Å²) in [5.41, 5.74) is 1.87. The number of hydrogen-bond acceptors (Lipinski definition) is 2. The average molecular weight is 345 g/mol. The first kappa shape index (κ1) is 18.5. The molecule has 2 aromatic rings. The summed E-state index contributed by atoms with van der Waals surface area (Å²) in [6.07, 6.45) is 1.41. The van der Waals surface area contributed by atoms with Crippen molar-refractivity contribution >= 4 is 17.4 Å². The Morgan fingerprint density at radius 2 is 1.67 bits per heavy atom. The van der Waals surface area contributed by atoms with Crippen molar-refractivity contribution < 1.29 is 9.53 Å². The van der Waals surface area contributed by atoms with Crippen LogP contribution in [0.4, 0.5) is 0 Å². The van der Waals surface area contributed by atoms with Crippen molar-refractivity contribution in [2.24, 2.45) is 11.3 Å². The third-order valence-corrected chi connectivity index (χ3v) is 4.36. The van der Waals surface area contributed by atoms with E-state index < -0.39 is 0 Å². The molecule has 0 fully saturated rings. The Bertz CT molecular complexity index is 684. The van der Waals surface area contributed by atoms with Crippen LogP contribution in [0.5, 0.6) is 5.75 Å². The van der Waals surface area contributed by atoms with E-state index in [1.54, 1.807) is 7.11 Å². The lowest BCUT2D eigenvalue weighted by Gasteiger charge is -2.25. The molecule has 0 heterocycles. The molecule has 0 aliphatic heterocycles. The van der Waals surface area contributed by atoms with Crippen molar-refractivity contribution in [1.82, 2.24) is 0 Å². The van der Waals surface area contributed by atoms with Gasteiger partial charge in [0.2, 0.25) is 0 Å². The van der Waals surface area contributed by atoms with E-state index in [-0.39, 0.29) is 17.1 Å². The van der Waals surface area contributed by atoms with Gasteiger partial charge in [0.15, 0.2) is 0 Å². The van der Waals surface area contributed by atoms with Gasteiger partial charge >= 0.3 is 0 Å². The van der Waals surface area contributed by atoms with Crippen LogP contribution >= 0.6 is 11.6 Å². The molecule has 0 unspecified atom stereocenters. The first-order valence-electron chi connectivity index (χ1n) is 8.21. The van der Waals surface area contributed by atoms with Gasteiger partial charge in [-0.2, -0.15) is 0 Å². The van der Waals surface area contributed by atoms with Crippen molar-refractivity contribution in [3.8, 4) is 5.75 Å². The van der Waals surface area contributed by atoms with Gasteiger partial charge in [-0.15, -0.1) is 0 Å². The van der Waals surface area contributed by atoms with Crippen LogP contribution in [0.2, 0.25) is 5.02 Å². The molecule has 2 rings (SSSR count). The smallest absolute Gasteiger partial charge is 0.141 e.